The molecule has 0 saturated heterocycles. The summed E-state index contributed by atoms with van der Waals surface area (Å²) in [5.74, 6) is -0.159. The maximum atomic E-state index is 12.2. The second-order valence-electron chi connectivity index (χ2n) is 4.87. The normalized spacial score (nSPS) is 12.0. The number of aryl methyl sites for hydroxylation is 1. The largest absolute Gasteiger partial charge is 0.224 e. The Morgan fingerprint density at radius 3 is 2.36 bits per heavy atom. The lowest BCUT2D eigenvalue weighted by Gasteiger charge is -2.04. The van der Waals surface area contributed by atoms with E-state index >= 15 is 0 Å². The summed E-state index contributed by atoms with van der Waals surface area (Å²) in [6, 6.07) is 10.2. The number of hydrogen-bond acceptors (Lipinski definition) is 2. The third-order valence-electron chi connectivity index (χ3n) is 2.98. The van der Waals surface area contributed by atoms with Crippen molar-refractivity contribution in [2.75, 3.05) is 0 Å². The standard InChI is InChI=1S/C16H13Cl3O2S/c1-11-2-3-13(15(18)8-11)10-22(20,21)7-6-12-4-5-14(17)9-16(12)19/h2-9H,10H2,1H3. The van der Waals surface area contributed by atoms with Crippen molar-refractivity contribution < 1.29 is 8.42 Å². The Morgan fingerprint density at radius 2 is 1.73 bits per heavy atom. The van der Waals surface area contributed by atoms with Gasteiger partial charge >= 0.3 is 0 Å². The first-order valence-corrected chi connectivity index (χ1v) is 9.23. The minimum absolute atomic E-state index is 0.159. The molecule has 116 valence electrons. The minimum Gasteiger partial charge on any atom is -0.224 e. The molecular weight excluding hydrogens is 363 g/mol. The first-order valence-electron chi connectivity index (χ1n) is 6.38. The molecule has 0 atom stereocenters. The lowest BCUT2D eigenvalue weighted by Crippen LogP contribution is -2.00. The van der Waals surface area contributed by atoms with Gasteiger partial charge in [-0.25, -0.2) is 8.42 Å². The Kier molecular flexibility index (Phi) is 5.56. The van der Waals surface area contributed by atoms with Crippen LogP contribution in [-0.2, 0) is 15.6 Å². The van der Waals surface area contributed by atoms with E-state index in [2.05, 4.69) is 0 Å². The third-order valence-corrected chi connectivity index (χ3v) is 5.16. The van der Waals surface area contributed by atoms with Crippen LogP contribution in [0.2, 0.25) is 15.1 Å². The highest BCUT2D eigenvalue weighted by atomic mass is 35.5. The Morgan fingerprint density at radius 1 is 1.00 bits per heavy atom. The Bertz CT molecular complexity index is 827. The predicted molar refractivity (Wildman–Crippen MR) is 94.3 cm³/mol. The average molecular weight is 376 g/mol. The zero-order valence-electron chi connectivity index (χ0n) is 11.7. The average Bonchev–Trinajstić information content (AvgIpc) is 2.41. The van der Waals surface area contributed by atoms with Crippen LogP contribution in [0.4, 0.5) is 0 Å². The molecule has 0 unspecified atom stereocenters. The van der Waals surface area contributed by atoms with Crippen molar-refractivity contribution in [1.82, 2.24) is 0 Å². The molecule has 2 nitrogen and oxygen atoms in total. The highest BCUT2D eigenvalue weighted by Crippen LogP contribution is 2.24. The van der Waals surface area contributed by atoms with Gasteiger partial charge in [0.2, 0.25) is 0 Å². The Labute approximate surface area is 145 Å². The molecule has 0 spiro atoms. The topological polar surface area (TPSA) is 34.1 Å². The Hall–Kier alpha value is -1.000. The summed E-state index contributed by atoms with van der Waals surface area (Å²) in [6.45, 7) is 1.90. The van der Waals surface area contributed by atoms with E-state index in [9.17, 15) is 8.42 Å². The van der Waals surface area contributed by atoms with Crippen molar-refractivity contribution in [2.45, 2.75) is 12.7 Å². The van der Waals surface area contributed by atoms with Crippen LogP contribution in [0.1, 0.15) is 16.7 Å². The number of halogens is 3. The lowest BCUT2D eigenvalue weighted by atomic mass is 10.2. The lowest BCUT2D eigenvalue weighted by molar-refractivity contribution is 0.604. The van der Waals surface area contributed by atoms with Gasteiger partial charge in [-0.2, -0.15) is 0 Å². The molecule has 0 aliphatic carbocycles. The van der Waals surface area contributed by atoms with Gasteiger partial charge in [0.15, 0.2) is 9.84 Å². The van der Waals surface area contributed by atoms with Gasteiger partial charge in [-0.15, -0.1) is 0 Å². The summed E-state index contributed by atoms with van der Waals surface area (Å²) in [5.41, 5.74) is 2.14. The SMILES string of the molecule is Cc1ccc(CS(=O)(=O)C=Cc2ccc(Cl)cc2Cl)c(Cl)c1. The van der Waals surface area contributed by atoms with Crippen LogP contribution < -0.4 is 0 Å². The molecule has 0 fully saturated rings. The molecule has 2 aromatic rings. The molecule has 0 aliphatic rings. The van der Waals surface area contributed by atoms with Crippen LogP contribution in [0.25, 0.3) is 6.08 Å². The molecule has 0 heterocycles. The molecule has 22 heavy (non-hydrogen) atoms. The fraction of sp³-hybridized carbons (Fsp3) is 0.125. The predicted octanol–water partition coefficient (Wildman–Crippen LogP) is 5.54. The van der Waals surface area contributed by atoms with Gasteiger partial charge in [0, 0.05) is 20.5 Å². The van der Waals surface area contributed by atoms with Crippen molar-refractivity contribution in [3.63, 3.8) is 0 Å². The number of sulfone groups is 1. The third kappa shape index (κ3) is 4.75. The molecule has 0 amide bonds. The van der Waals surface area contributed by atoms with Gasteiger partial charge in [0.05, 0.1) is 5.75 Å². The summed E-state index contributed by atoms with van der Waals surface area (Å²) in [5, 5.41) is 2.48. The van der Waals surface area contributed by atoms with E-state index in [-0.39, 0.29) is 5.75 Å². The molecule has 6 heteroatoms. The highest BCUT2D eigenvalue weighted by molar-refractivity contribution is 7.93. The van der Waals surface area contributed by atoms with E-state index in [1.54, 1.807) is 30.3 Å². The van der Waals surface area contributed by atoms with E-state index in [1.807, 2.05) is 13.0 Å². The van der Waals surface area contributed by atoms with Gasteiger partial charge in [0.25, 0.3) is 0 Å². The van der Waals surface area contributed by atoms with E-state index in [4.69, 9.17) is 34.8 Å². The van der Waals surface area contributed by atoms with E-state index in [0.717, 1.165) is 11.0 Å². The molecule has 0 aromatic heterocycles. The Balaban J connectivity index is 2.22. The molecule has 2 rings (SSSR count). The van der Waals surface area contributed by atoms with Gasteiger partial charge in [-0.05, 0) is 47.9 Å². The van der Waals surface area contributed by atoms with Crippen molar-refractivity contribution >= 4 is 50.7 Å². The number of rotatable bonds is 4. The van der Waals surface area contributed by atoms with E-state index in [0.29, 0.717) is 26.2 Å². The van der Waals surface area contributed by atoms with Crippen LogP contribution in [0, 0.1) is 6.92 Å². The molecule has 2 aromatic carbocycles. The van der Waals surface area contributed by atoms with Crippen LogP contribution in [-0.4, -0.2) is 8.42 Å². The van der Waals surface area contributed by atoms with Crippen molar-refractivity contribution in [2.24, 2.45) is 0 Å². The second-order valence-corrected chi connectivity index (χ2v) is 8.01. The highest BCUT2D eigenvalue weighted by Gasteiger charge is 2.11. The second kappa shape index (κ2) is 7.05. The van der Waals surface area contributed by atoms with Gasteiger partial charge in [-0.3, -0.25) is 0 Å². The van der Waals surface area contributed by atoms with Crippen LogP contribution in [0.15, 0.2) is 41.8 Å². The molecule has 0 aliphatic heterocycles. The molecule has 0 saturated carbocycles. The van der Waals surface area contributed by atoms with E-state index < -0.39 is 9.84 Å². The monoisotopic (exact) mass is 374 g/mol. The summed E-state index contributed by atoms with van der Waals surface area (Å²) >= 11 is 17.9. The molecule has 0 bridgehead atoms. The summed E-state index contributed by atoms with van der Waals surface area (Å²) in [6.07, 6.45) is 1.45. The number of benzene rings is 2. The van der Waals surface area contributed by atoms with Gasteiger partial charge in [0.1, 0.15) is 0 Å². The van der Waals surface area contributed by atoms with Crippen LogP contribution in [0.3, 0.4) is 0 Å². The first kappa shape index (κ1) is 17.4. The fourth-order valence-electron chi connectivity index (χ4n) is 1.85. The smallest absolute Gasteiger partial charge is 0.175 e. The maximum Gasteiger partial charge on any atom is 0.175 e. The fourth-order valence-corrected chi connectivity index (χ4v) is 3.84. The van der Waals surface area contributed by atoms with Crippen molar-refractivity contribution in [3.8, 4) is 0 Å². The molecule has 0 N–H and O–H groups in total. The summed E-state index contributed by atoms with van der Waals surface area (Å²) in [4.78, 5) is 0. The quantitative estimate of drug-likeness (QED) is 0.703. The number of hydrogen-bond donors (Lipinski definition) is 0. The van der Waals surface area contributed by atoms with Crippen molar-refractivity contribution in [1.29, 1.82) is 0 Å². The van der Waals surface area contributed by atoms with Crippen LogP contribution >= 0.6 is 34.8 Å². The summed E-state index contributed by atoms with van der Waals surface area (Å²) in [7, 11) is -3.45. The van der Waals surface area contributed by atoms with Crippen molar-refractivity contribution in [3.05, 3.63) is 73.6 Å². The van der Waals surface area contributed by atoms with Gasteiger partial charge < -0.3 is 0 Å². The van der Waals surface area contributed by atoms with E-state index in [1.165, 1.54) is 6.08 Å². The minimum atomic E-state index is -3.45. The molecular formula is C16H13Cl3O2S. The first-order chi connectivity index (χ1) is 10.3. The summed E-state index contributed by atoms with van der Waals surface area (Å²) < 4.78 is 24.3. The van der Waals surface area contributed by atoms with Gasteiger partial charge in [-0.1, -0.05) is 53.0 Å². The molecule has 0 radical (unpaired) electrons. The zero-order chi connectivity index (χ0) is 16.3. The van der Waals surface area contributed by atoms with Crippen LogP contribution in [0.5, 0.6) is 0 Å². The maximum absolute atomic E-state index is 12.2. The zero-order valence-corrected chi connectivity index (χ0v) is 14.8.